The van der Waals surface area contributed by atoms with Gasteiger partial charge in [0.1, 0.15) is 17.1 Å². The Morgan fingerprint density at radius 2 is 1.70 bits per heavy atom. The van der Waals surface area contributed by atoms with Crippen LogP contribution in [0, 0.1) is 13.8 Å². The monoisotopic (exact) mass is 547 g/mol. The third-order valence-corrected chi connectivity index (χ3v) is 7.02. The Bertz CT molecular complexity index is 1440. The number of ether oxygens (including phenoxy) is 2. The Morgan fingerprint density at radius 1 is 1.02 bits per heavy atom. The minimum atomic E-state index is -1.08. The predicted octanol–water partition coefficient (Wildman–Crippen LogP) is 6.11. The van der Waals surface area contributed by atoms with Crippen molar-refractivity contribution in [3.8, 4) is 22.6 Å². The summed E-state index contributed by atoms with van der Waals surface area (Å²) in [7, 11) is 1.71. The number of aliphatic hydroxyl groups is 1. The van der Waals surface area contributed by atoms with Crippen LogP contribution in [0.1, 0.15) is 57.7 Å². The largest absolute Gasteiger partial charge is 0.456 e. The minimum absolute atomic E-state index is 0.0705. The lowest BCUT2D eigenvalue weighted by Crippen LogP contribution is -2.36. The van der Waals surface area contributed by atoms with Crippen LogP contribution < -0.4 is 15.6 Å². The molecule has 0 radical (unpaired) electrons. The molecule has 0 spiro atoms. The van der Waals surface area contributed by atoms with Gasteiger partial charge in [-0.25, -0.2) is 4.79 Å². The van der Waals surface area contributed by atoms with Crippen molar-refractivity contribution in [3.63, 3.8) is 0 Å². The number of benzene rings is 2. The van der Waals surface area contributed by atoms with E-state index in [-0.39, 0.29) is 17.7 Å². The van der Waals surface area contributed by atoms with Crippen LogP contribution in [0.3, 0.4) is 0 Å². The number of amides is 1. The molecule has 40 heavy (non-hydrogen) atoms. The maximum absolute atomic E-state index is 12.8. The number of hydrogen-bond donors (Lipinski definition) is 2. The molecule has 8 nitrogen and oxygen atoms in total. The van der Waals surface area contributed by atoms with Crippen molar-refractivity contribution < 1.29 is 19.4 Å². The molecule has 0 saturated carbocycles. The molecule has 1 aromatic heterocycles. The number of rotatable bonds is 6. The van der Waals surface area contributed by atoms with Crippen molar-refractivity contribution in [2.24, 2.45) is 7.05 Å². The SMILES string of the molecule is Cc1cccc(C)c1Oc1ccc(C(C)(C)O)cc1-c1cn(C)c(=O)cc1NC1CCN(C(=O)OC(C)(C)C)C1. The van der Waals surface area contributed by atoms with Gasteiger partial charge in [0.25, 0.3) is 5.56 Å². The molecule has 1 unspecified atom stereocenters. The molecule has 3 aromatic rings. The molecule has 2 aromatic carbocycles. The van der Waals surface area contributed by atoms with Crippen LogP contribution in [-0.2, 0) is 17.4 Å². The second-order valence-corrected chi connectivity index (χ2v) is 12.2. The molecule has 4 rings (SSSR count). The number of anilines is 1. The van der Waals surface area contributed by atoms with Gasteiger partial charge in [-0.1, -0.05) is 24.3 Å². The molecule has 1 amide bonds. The van der Waals surface area contributed by atoms with Crippen molar-refractivity contribution >= 4 is 11.8 Å². The summed E-state index contributed by atoms with van der Waals surface area (Å²) < 4.78 is 13.6. The fourth-order valence-corrected chi connectivity index (χ4v) is 4.83. The lowest BCUT2D eigenvalue weighted by atomic mass is 9.93. The number of para-hydroxylation sites is 1. The van der Waals surface area contributed by atoms with Gasteiger partial charge >= 0.3 is 6.09 Å². The maximum atomic E-state index is 12.8. The topological polar surface area (TPSA) is 93.0 Å². The summed E-state index contributed by atoms with van der Waals surface area (Å²) in [5, 5.41) is 14.3. The van der Waals surface area contributed by atoms with Gasteiger partial charge in [0.15, 0.2) is 0 Å². The van der Waals surface area contributed by atoms with E-state index < -0.39 is 11.2 Å². The quantitative estimate of drug-likeness (QED) is 0.387. The van der Waals surface area contributed by atoms with Crippen LogP contribution in [0.15, 0.2) is 53.5 Å². The van der Waals surface area contributed by atoms with Crippen LogP contribution in [-0.4, -0.2) is 45.4 Å². The summed E-state index contributed by atoms with van der Waals surface area (Å²) in [6.07, 6.45) is 2.15. The van der Waals surface area contributed by atoms with Crippen LogP contribution >= 0.6 is 0 Å². The van der Waals surface area contributed by atoms with E-state index in [1.165, 1.54) is 4.57 Å². The van der Waals surface area contributed by atoms with Gasteiger partial charge in [-0.2, -0.15) is 0 Å². The van der Waals surface area contributed by atoms with Crippen molar-refractivity contribution in [2.75, 3.05) is 18.4 Å². The molecular formula is C32H41N3O5. The third kappa shape index (κ3) is 6.67. The van der Waals surface area contributed by atoms with E-state index in [9.17, 15) is 14.7 Å². The lowest BCUT2D eigenvalue weighted by Gasteiger charge is -2.25. The number of nitrogens with one attached hydrogen (secondary N) is 1. The van der Waals surface area contributed by atoms with Gasteiger partial charge in [-0.15, -0.1) is 0 Å². The number of aromatic nitrogens is 1. The summed E-state index contributed by atoms with van der Waals surface area (Å²) in [5.74, 6) is 1.37. The molecule has 214 valence electrons. The summed E-state index contributed by atoms with van der Waals surface area (Å²) >= 11 is 0. The van der Waals surface area contributed by atoms with E-state index >= 15 is 0 Å². The molecule has 2 N–H and O–H groups in total. The average molecular weight is 548 g/mol. The van der Waals surface area contributed by atoms with Crippen molar-refractivity contribution in [3.05, 3.63) is 75.7 Å². The Labute approximate surface area is 236 Å². The van der Waals surface area contributed by atoms with Gasteiger partial charge in [-0.3, -0.25) is 4.79 Å². The summed E-state index contributed by atoms with van der Waals surface area (Å²) in [6, 6.07) is 13.1. The zero-order valence-corrected chi connectivity index (χ0v) is 24.8. The van der Waals surface area contributed by atoms with Gasteiger partial charge in [-0.05, 0) is 83.7 Å². The van der Waals surface area contributed by atoms with E-state index in [1.54, 1.807) is 38.1 Å². The second kappa shape index (κ2) is 11.0. The third-order valence-electron chi connectivity index (χ3n) is 7.02. The van der Waals surface area contributed by atoms with E-state index in [0.717, 1.165) is 28.0 Å². The standard InChI is InChI=1S/C32H41N3O5/c1-20-10-9-11-21(2)29(20)39-27-13-12-22(32(6,7)38)16-24(27)25-19-34(8)28(36)17-26(25)33-23-14-15-35(18-23)30(37)40-31(3,4)5/h9-13,16-17,19,23,33,38H,14-15,18H2,1-8H3. The van der Waals surface area contributed by atoms with Gasteiger partial charge in [0.05, 0.1) is 5.60 Å². The molecule has 1 saturated heterocycles. The van der Waals surface area contributed by atoms with Gasteiger partial charge in [0.2, 0.25) is 0 Å². The predicted molar refractivity (Wildman–Crippen MR) is 158 cm³/mol. The molecule has 1 atom stereocenters. The molecular weight excluding hydrogens is 506 g/mol. The fraction of sp³-hybridized carbons (Fsp3) is 0.438. The van der Waals surface area contributed by atoms with E-state index in [0.29, 0.717) is 36.5 Å². The molecule has 2 heterocycles. The molecule has 1 aliphatic rings. The second-order valence-electron chi connectivity index (χ2n) is 12.2. The van der Waals surface area contributed by atoms with E-state index in [1.807, 2.05) is 71.0 Å². The van der Waals surface area contributed by atoms with Crippen LogP contribution in [0.2, 0.25) is 0 Å². The Balaban J connectivity index is 1.75. The molecule has 1 aliphatic heterocycles. The molecule has 8 heteroatoms. The zero-order valence-electron chi connectivity index (χ0n) is 24.8. The van der Waals surface area contributed by atoms with Crippen LogP contribution in [0.25, 0.3) is 11.1 Å². The van der Waals surface area contributed by atoms with Crippen molar-refractivity contribution in [1.82, 2.24) is 9.47 Å². The molecule has 1 fully saturated rings. The average Bonchev–Trinajstić information content (AvgIpc) is 3.31. The lowest BCUT2D eigenvalue weighted by molar-refractivity contribution is 0.0293. The number of hydrogen-bond acceptors (Lipinski definition) is 6. The molecule has 0 aliphatic carbocycles. The first-order chi connectivity index (χ1) is 18.6. The van der Waals surface area contributed by atoms with E-state index in [4.69, 9.17) is 9.47 Å². The van der Waals surface area contributed by atoms with Gasteiger partial charge in [0, 0.05) is 55.3 Å². The highest BCUT2D eigenvalue weighted by Crippen LogP contribution is 2.41. The van der Waals surface area contributed by atoms with E-state index in [2.05, 4.69) is 5.32 Å². The number of nitrogens with zero attached hydrogens (tertiary/aromatic N) is 2. The highest BCUT2D eigenvalue weighted by Gasteiger charge is 2.30. The first-order valence-electron chi connectivity index (χ1n) is 13.7. The smallest absolute Gasteiger partial charge is 0.410 e. The highest BCUT2D eigenvalue weighted by atomic mass is 16.6. The minimum Gasteiger partial charge on any atom is -0.456 e. The molecule has 0 bridgehead atoms. The summed E-state index contributed by atoms with van der Waals surface area (Å²) in [5.41, 5.74) is 3.04. The summed E-state index contributed by atoms with van der Waals surface area (Å²) in [4.78, 5) is 27.1. The normalized spacial score (nSPS) is 15.7. The zero-order chi connectivity index (χ0) is 29.4. The Hall–Kier alpha value is -3.78. The summed E-state index contributed by atoms with van der Waals surface area (Å²) in [6.45, 7) is 14.0. The first kappa shape index (κ1) is 29.2. The van der Waals surface area contributed by atoms with Crippen molar-refractivity contribution in [2.45, 2.75) is 72.1 Å². The van der Waals surface area contributed by atoms with Gasteiger partial charge < -0.3 is 29.4 Å². The Morgan fingerprint density at radius 3 is 2.33 bits per heavy atom. The van der Waals surface area contributed by atoms with Crippen LogP contribution in [0.5, 0.6) is 11.5 Å². The fourth-order valence-electron chi connectivity index (χ4n) is 4.83. The van der Waals surface area contributed by atoms with Crippen LogP contribution in [0.4, 0.5) is 10.5 Å². The number of carbonyl (C=O) groups excluding carboxylic acids is 1. The number of pyridine rings is 1. The number of aryl methyl sites for hydroxylation is 3. The number of carbonyl (C=O) groups is 1. The number of likely N-dealkylation sites (tertiary alicyclic amines) is 1. The first-order valence-corrected chi connectivity index (χ1v) is 13.7. The Kier molecular flexibility index (Phi) is 8.04. The highest BCUT2D eigenvalue weighted by molar-refractivity contribution is 5.82. The maximum Gasteiger partial charge on any atom is 0.410 e. The van der Waals surface area contributed by atoms with Crippen molar-refractivity contribution in [1.29, 1.82) is 0 Å².